The van der Waals surface area contributed by atoms with Gasteiger partial charge in [0.25, 0.3) is 0 Å². The second kappa shape index (κ2) is 12.8. The van der Waals surface area contributed by atoms with E-state index in [-0.39, 0.29) is 25.0 Å². The van der Waals surface area contributed by atoms with E-state index in [2.05, 4.69) is 0 Å². The second-order valence-corrected chi connectivity index (χ2v) is 16.7. The Morgan fingerprint density at radius 2 is 0.765 bits per heavy atom. The van der Waals surface area contributed by atoms with Crippen LogP contribution >= 0.6 is 0 Å². The summed E-state index contributed by atoms with van der Waals surface area (Å²) in [5.74, 6) is -1.55. The molecule has 0 aliphatic carbocycles. The van der Waals surface area contributed by atoms with E-state index in [1.165, 1.54) is 0 Å². The molecular formula is C22H38O8S4. The van der Waals surface area contributed by atoms with Crippen LogP contribution in [0.25, 0.3) is 0 Å². The maximum Gasteiger partial charge on any atom is 0.180 e. The average molecular weight is 559 g/mol. The molecule has 198 valence electrons. The SMILES string of the molecule is CCCCS(=O)(=O)c1cc(S(=O)(=O)CCCC)c(S(=O)(=O)CCCC)c(S(=O)(=O)CCCC)c1. The fraction of sp³-hybridized carbons (Fsp3) is 0.727. The normalized spacial score (nSPS) is 13.3. The molecule has 0 aromatic heterocycles. The van der Waals surface area contributed by atoms with Gasteiger partial charge in [-0.3, -0.25) is 0 Å². The molecule has 1 aromatic carbocycles. The Morgan fingerprint density at radius 1 is 0.471 bits per heavy atom. The quantitative estimate of drug-likeness (QED) is 0.297. The molecule has 0 radical (unpaired) electrons. The Labute approximate surface area is 206 Å². The summed E-state index contributed by atoms with van der Waals surface area (Å²) in [6.45, 7) is 7.08. The highest BCUT2D eigenvalue weighted by molar-refractivity contribution is 7.96. The first-order valence-electron chi connectivity index (χ1n) is 11.8. The standard InChI is InChI=1S/C22H38O8S4/c1-5-9-13-31(23,24)19-17-20(32(25,26)14-10-6-2)22(34(29,30)16-12-8-4)21(18-19)33(27,28)15-11-7-3/h17-18H,5-16H2,1-4H3. The minimum Gasteiger partial charge on any atom is -0.224 e. The van der Waals surface area contributed by atoms with Crippen molar-refractivity contribution in [3.63, 3.8) is 0 Å². The molecule has 1 aromatic rings. The van der Waals surface area contributed by atoms with E-state index >= 15 is 0 Å². The van der Waals surface area contributed by atoms with E-state index in [4.69, 9.17) is 0 Å². The molecule has 0 atom stereocenters. The van der Waals surface area contributed by atoms with E-state index in [1.54, 1.807) is 27.7 Å². The summed E-state index contributed by atoms with van der Waals surface area (Å²) in [4.78, 5) is -2.68. The van der Waals surface area contributed by atoms with Crippen molar-refractivity contribution in [3.05, 3.63) is 12.1 Å². The van der Waals surface area contributed by atoms with Crippen molar-refractivity contribution in [1.82, 2.24) is 0 Å². The molecule has 0 saturated carbocycles. The number of sulfone groups is 4. The number of benzene rings is 1. The Bertz CT molecular complexity index is 1180. The molecule has 0 saturated heterocycles. The van der Waals surface area contributed by atoms with Crippen molar-refractivity contribution in [2.24, 2.45) is 0 Å². The summed E-state index contributed by atoms with van der Waals surface area (Å²) in [6.07, 6.45) is 3.03. The van der Waals surface area contributed by atoms with Crippen LogP contribution in [0.15, 0.2) is 31.7 Å². The second-order valence-electron chi connectivity index (χ2n) is 8.44. The van der Waals surface area contributed by atoms with Gasteiger partial charge in [-0.25, -0.2) is 33.7 Å². The van der Waals surface area contributed by atoms with Gasteiger partial charge in [0, 0.05) is 0 Å². The van der Waals surface area contributed by atoms with Gasteiger partial charge in [-0.2, -0.15) is 0 Å². The molecule has 0 bridgehead atoms. The van der Waals surface area contributed by atoms with Crippen LogP contribution in [0.1, 0.15) is 79.1 Å². The largest absolute Gasteiger partial charge is 0.224 e. The van der Waals surface area contributed by atoms with Crippen molar-refractivity contribution in [3.8, 4) is 0 Å². The minimum absolute atomic E-state index is 0.210. The highest BCUT2D eigenvalue weighted by Crippen LogP contribution is 2.35. The van der Waals surface area contributed by atoms with E-state index in [0.29, 0.717) is 32.1 Å². The predicted octanol–water partition coefficient (Wildman–Crippen LogP) is 3.98. The maximum absolute atomic E-state index is 13.3. The van der Waals surface area contributed by atoms with Crippen LogP contribution in [-0.2, 0) is 39.3 Å². The molecule has 0 heterocycles. The van der Waals surface area contributed by atoms with Gasteiger partial charge < -0.3 is 0 Å². The Hall–Kier alpha value is -0.980. The Morgan fingerprint density at radius 3 is 1.09 bits per heavy atom. The molecule has 34 heavy (non-hydrogen) atoms. The maximum atomic E-state index is 13.3. The summed E-state index contributed by atoms with van der Waals surface area (Å²) in [5, 5.41) is 0. The van der Waals surface area contributed by atoms with Gasteiger partial charge in [0.1, 0.15) is 4.90 Å². The summed E-state index contributed by atoms with van der Waals surface area (Å²) >= 11 is 0. The van der Waals surface area contributed by atoms with Gasteiger partial charge >= 0.3 is 0 Å². The van der Waals surface area contributed by atoms with Crippen LogP contribution in [0, 0.1) is 0 Å². The molecule has 0 N–H and O–H groups in total. The van der Waals surface area contributed by atoms with Crippen LogP contribution in [0.5, 0.6) is 0 Å². The first kappa shape index (κ1) is 31.1. The van der Waals surface area contributed by atoms with Crippen LogP contribution in [0.2, 0.25) is 0 Å². The summed E-state index contributed by atoms with van der Waals surface area (Å²) in [5.41, 5.74) is 0. The number of rotatable bonds is 16. The smallest absolute Gasteiger partial charge is 0.180 e. The van der Waals surface area contributed by atoms with Gasteiger partial charge in [0.15, 0.2) is 39.3 Å². The van der Waals surface area contributed by atoms with Crippen LogP contribution < -0.4 is 0 Å². The molecule has 0 aliphatic rings. The summed E-state index contributed by atoms with van der Waals surface area (Å²) in [6, 6.07) is 1.71. The van der Waals surface area contributed by atoms with Gasteiger partial charge in [0.05, 0.1) is 37.7 Å². The summed E-state index contributed by atoms with van der Waals surface area (Å²) < 4.78 is 106. The monoisotopic (exact) mass is 558 g/mol. The van der Waals surface area contributed by atoms with Crippen LogP contribution in [0.4, 0.5) is 0 Å². The topological polar surface area (TPSA) is 137 Å². The van der Waals surface area contributed by atoms with Gasteiger partial charge in [0.2, 0.25) is 0 Å². The highest BCUT2D eigenvalue weighted by Gasteiger charge is 2.36. The molecule has 12 heteroatoms. The van der Waals surface area contributed by atoms with Crippen molar-refractivity contribution in [1.29, 1.82) is 0 Å². The highest BCUT2D eigenvalue weighted by atomic mass is 32.2. The Balaban J connectivity index is 4.18. The fourth-order valence-corrected chi connectivity index (χ4v) is 11.3. The molecule has 0 fully saturated rings. The lowest BCUT2D eigenvalue weighted by Gasteiger charge is -2.18. The third-order valence-electron chi connectivity index (χ3n) is 5.40. The average Bonchev–Trinajstić information content (AvgIpc) is 2.78. The molecule has 0 aliphatic heterocycles. The van der Waals surface area contributed by atoms with Crippen molar-refractivity contribution in [2.45, 2.75) is 98.6 Å². The van der Waals surface area contributed by atoms with Crippen LogP contribution in [-0.4, -0.2) is 56.7 Å². The first-order chi connectivity index (χ1) is 15.7. The van der Waals surface area contributed by atoms with Crippen molar-refractivity contribution >= 4 is 39.3 Å². The van der Waals surface area contributed by atoms with Gasteiger partial charge in [-0.15, -0.1) is 0 Å². The molecular weight excluding hydrogens is 521 g/mol. The first-order valence-corrected chi connectivity index (χ1v) is 18.4. The lowest BCUT2D eigenvalue weighted by atomic mass is 10.3. The molecule has 0 spiro atoms. The van der Waals surface area contributed by atoms with E-state index in [1.807, 2.05) is 0 Å². The minimum atomic E-state index is -4.33. The third-order valence-corrected chi connectivity index (χ3v) is 13.0. The number of hydrogen-bond acceptors (Lipinski definition) is 8. The van der Waals surface area contributed by atoms with Gasteiger partial charge in [-0.05, 0) is 37.8 Å². The van der Waals surface area contributed by atoms with Crippen molar-refractivity contribution < 1.29 is 33.7 Å². The number of hydrogen-bond donors (Lipinski definition) is 0. The van der Waals surface area contributed by atoms with E-state index < -0.39 is 76.2 Å². The van der Waals surface area contributed by atoms with Gasteiger partial charge in [-0.1, -0.05) is 53.4 Å². The zero-order valence-electron chi connectivity index (χ0n) is 20.5. The van der Waals surface area contributed by atoms with Crippen molar-refractivity contribution in [2.75, 3.05) is 23.0 Å². The van der Waals surface area contributed by atoms with E-state index in [0.717, 1.165) is 12.1 Å². The molecule has 8 nitrogen and oxygen atoms in total. The summed E-state index contributed by atoms with van der Waals surface area (Å²) in [7, 11) is -16.9. The molecule has 0 unspecified atom stereocenters. The molecule has 0 amide bonds. The predicted molar refractivity (Wildman–Crippen MR) is 134 cm³/mol. The number of unbranched alkanes of at least 4 members (excludes halogenated alkanes) is 4. The zero-order chi connectivity index (χ0) is 26.2. The zero-order valence-corrected chi connectivity index (χ0v) is 23.8. The Kier molecular flexibility index (Phi) is 11.7. The lowest BCUT2D eigenvalue weighted by molar-refractivity contribution is 0.567. The van der Waals surface area contributed by atoms with Crippen LogP contribution in [0.3, 0.4) is 0 Å². The molecule has 1 rings (SSSR count). The lowest BCUT2D eigenvalue weighted by Crippen LogP contribution is -2.22. The van der Waals surface area contributed by atoms with E-state index in [9.17, 15) is 33.7 Å². The third kappa shape index (κ3) is 8.03. The fourth-order valence-electron chi connectivity index (χ4n) is 3.28.